The summed E-state index contributed by atoms with van der Waals surface area (Å²) in [4.78, 5) is 14.5. The lowest BCUT2D eigenvalue weighted by atomic mass is 10.0. The van der Waals surface area contributed by atoms with Crippen LogP contribution in [0.5, 0.6) is 0 Å². The minimum atomic E-state index is -0.138. The van der Waals surface area contributed by atoms with Gasteiger partial charge in [0.05, 0.1) is 6.42 Å². The molecule has 1 aromatic carbocycles. The van der Waals surface area contributed by atoms with E-state index in [1.165, 1.54) is 12.8 Å². The molecule has 0 amide bonds. The highest BCUT2D eigenvalue weighted by Gasteiger charge is 2.39. The van der Waals surface area contributed by atoms with Crippen LogP contribution in [-0.4, -0.2) is 36.1 Å². The van der Waals surface area contributed by atoms with Crippen LogP contribution in [0.2, 0.25) is 5.02 Å². The van der Waals surface area contributed by atoms with Crippen molar-refractivity contribution in [1.82, 2.24) is 4.90 Å². The average Bonchev–Trinajstić information content (AvgIpc) is 2.61. The van der Waals surface area contributed by atoms with Crippen LogP contribution in [-0.2, 0) is 16.0 Å². The summed E-state index contributed by atoms with van der Waals surface area (Å²) in [7, 11) is 2.19. The van der Waals surface area contributed by atoms with Crippen molar-refractivity contribution < 1.29 is 9.53 Å². The Bertz CT molecular complexity index is 495. The summed E-state index contributed by atoms with van der Waals surface area (Å²) in [6.07, 6.45) is 4.84. The quantitative estimate of drug-likeness (QED) is 0.795. The van der Waals surface area contributed by atoms with Crippen LogP contribution in [0, 0.1) is 0 Å². The van der Waals surface area contributed by atoms with Crippen molar-refractivity contribution in [2.45, 2.75) is 50.3 Å². The molecule has 2 aliphatic rings. The fourth-order valence-electron chi connectivity index (χ4n) is 3.50. The van der Waals surface area contributed by atoms with Crippen molar-refractivity contribution in [2.75, 3.05) is 7.05 Å². The van der Waals surface area contributed by atoms with Crippen LogP contribution < -0.4 is 0 Å². The average molecular weight is 330 g/mol. The molecule has 5 heteroatoms. The monoisotopic (exact) mass is 329 g/mol. The number of carbonyl (C=O) groups is 1. The van der Waals surface area contributed by atoms with Gasteiger partial charge in [-0.05, 0) is 50.4 Å². The van der Waals surface area contributed by atoms with Crippen LogP contribution in [0.1, 0.15) is 31.2 Å². The van der Waals surface area contributed by atoms with E-state index in [2.05, 4.69) is 11.9 Å². The summed E-state index contributed by atoms with van der Waals surface area (Å²) in [6.45, 7) is 0. The number of hydrogen-bond acceptors (Lipinski definition) is 3. The maximum atomic E-state index is 12.0. The first-order valence-corrected chi connectivity index (χ1v) is 7.65. The zero-order valence-corrected chi connectivity index (χ0v) is 13.7. The molecular formula is C16H21Cl2NO2. The van der Waals surface area contributed by atoms with Crippen LogP contribution >= 0.6 is 24.0 Å². The van der Waals surface area contributed by atoms with E-state index >= 15 is 0 Å². The van der Waals surface area contributed by atoms with Gasteiger partial charge in [-0.2, -0.15) is 0 Å². The summed E-state index contributed by atoms with van der Waals surface area (Å²) < 4.78 is 5.66. The van der Waals surface area contributed by atoms with E-state index in [1.54, 1.807) is 0 Å². The Morgan fingerprint density at radius 3 is 2.62 bits per heavy atom. The number of esters is 1. The highest BCUT2D eigenvalue weighted by Crippen LogP contribution is 2.35. The highest BCUT2D eigenvalue weighted by molar-refractivity contribution is 6.30. The van der Waals surface area contributed by atoms with Gasteiger partial charge in [-0.3, -0.25) is 4.79 Å². The number of nitrogens with zero attached hydrogens (tertiary/aromatic N) is 1. The van der Waals surface area contributed by atoms with Gasteiger partial charge >= 0.3 is 5.97 Å². The SMILES string of the molecule is CN1[C@@H]2CC[C@H]1CC(OC(=O)Cc1cccc(Cl)c1)C2.Cl. The summed E-state index contributed by atoms with van der Waals surface area (Å²) >= 11 is 5.93. The largest absolute Gasteiger partial charge is 0.462 e. The normalized spacial score (nSPS) is 28.0. The molecule has 0 spiro atoms. The van der Waals surface area contributed by atoms with Gasteiger partial charge in [-0.1, -0.05) is 23.7 Å². The molecule has 0 aromatic heterocycles. The molecule has 2 fully saturated rings. The number of carbonyl (C=O) groups excluding carboxylic acids is 1. The zero-order chi connectivity index (χ0) is 14.1. The summed E-state index contributed by atoms with van der Waals surface area (Å²) in [5.41, 5.74) is 0.915. The molecule has 3 nitrogen and oxygen atoms in total. The number of halogens is 2. The summed E-state index contributed by atoms with van der Waals surface area (Å²) in [6, 6.07) is 8.59. The van der Waals surface area contributed by atoms with Gasteiger partial charge < -0.3 is 9.64 Å². The molecule has 3 atom stereocenters. The summed E-state index contributed by atoms with van der Waals surface area (Å²) in [5, 5.41) is 0.660. The molecule has 3 rings (SSSR count). The third kappa shape index (κ3) is 3.91. The number of ether oxygens (including phenoxy) is 1. The molecule has 0 aliphatic carbocycles. The Labute approximate surface area is 137 Å². The van der Waals surface area contributed by atoms with Crippen molar-refractivity contribution in [3.63, 3.8) is 0 Å². The molecule has 1 aromatic rings. The van der Waals surface area contributed by atoms with E-state index < -0.39 is 0 Å². The minimum Gasteiger partial charge on any atom is -0.462 e. The third-order valence-electron chi connectivity index (χ3n) is 4.59. The number of piperidine rings is 1. The van der Waals surface area contributed by atoms with E-state index in [-0.39, 0.29) is 24.5 Å². The van der Waals surface area contributed by atoms with E-state index in [0.717, 1.165) is 18.4 Å². The number of hydrogen-bond donors (Lipinski definition) is 0. The lowest BCUT2D eigenvalue weighted by Crippen LogP contribution is -2.43. The first kappa shape index (κ1) is 16.6. The minimum absolute atomic E-state index is 0. The van der Waals surface area contributed by atoms with Gasteiger partial charge in [0, 0.05) is 17.1 Å². The zero-order valence-electron chi connectivity index (χ0n) is 12.1. The predicted octanol–water partition coefficient (Wildman–Crippen LogP) is 3.47. The van der Waals surface area contributed by atoms with E-state index in [4.69, 9.17) is 16.3 Å². The lowest BCUT2D eigenvalue weighted by Gasteiger charge is -2.35. The second kappa shape index (κ2) is 6.99. The molecule has 1 unspecified atom stereocenters. The fraction of sp³-hybridized carbons (Fsp3) is 0.562. The van der Waals surface area contributed by atoms with Gasteiger partial charge in [0.2, 0.25) is 0 Å². The molecule has 116 valence electrons. The van der Waals surface area contributed by atoms with E-state index in [0.29, 0.717) is 23.5 Å². The van der Waals surface area contributed by atoms with Crippen molar-refractivity contribution in [1.29, 1.82) is 0 Å². The standard InChI is InChI=1S/C16H20ClNO2.ClH/c1-18-13-5-6-14(18)10-15(9-13)20-16(19)8-11-3-2-4-12(17)7-11;/h2-4,7,13-15H,5-6,8-10H2,1H3;1H/t13-,14+,15?;. The smallest absolute Gasteiger partial charge is 0.310 e. The molecule has 21 heavy (non-hydrogen) atoms. The van der Waals surface area contributed by atoms with Crippen LogP contribution in [0.4, 0.5) is 0 Å². The molecular weight excluding hydrogens is 309 g/mol. The second-order valence-electron chi connectivity index (χ2n) is 5.94. The van der Waals surface area contributed by atoms with Gasteiger partial charge in [-0.25, -0.2) is 0 Å². The van der Waals surface area contributed by atoms with Crippen molar-refractivity contribution in [3.05, 3.63) is 34.9 Å². The number of fused-ring (bicyclic) bond motifs is 2. The first-order valence-electron chi connectivity index (χ1n) is 7.27. The molecule has 0 N–H and O–H groups in total. The molecule has 0 radical (unpaired) electrons. The van der Waals surface area contributed by atoms with Gasteiger partial charge in [0.25, 0.3) is 0 Å². The molecule has 2 saturated heterocycles. The molecule has 0 saturated carbocycles. The fourth-order valence-corrected chi connectivity index (χ4v) is 3.71. The Morgan fingerprint density at radius 2 is 2.00 bits per heavy atom. The van der Waals surface area contributed by atoms with Crippen molar-refractivity contribution >= 4 is 30.0 Å². The second-order valence-corrected chi connectivity index (χ2v) is 6.38. The number of benzene rings is 1. The summed E-state index contributed by atoms with van der Waals surface area (Å²) in [5.74, 6) is -0.138. The Hall–Kier alpha value is -0.770. The Kier molecular flexibility index (Phi) is 5.53. The van der Waals surface area contributed by atoms with Gasteiger partial charge in [-0.15, -0.1) is 12.4 Å². The maximum Gasteiger partial charge on any atom is 0.310 e. The maximum absolute atomic E-state index is 12.0. The Morgan fingerprint density at radius 1 is 1.33 bits per heavy atom. The van der Waals surface area contributed by atoms with Gasteiger partial charge in [0.1, 0.15) is 6.10 Å². The van der Waals surface area contributed by atoms with Crippen LogP contribution in [0.3, 0.4) is 0 Å². The lowest BCUT2D eigenvalue weighted by molar-refractivity contribution is -0.151. The van der Waals surface area contributed by atoms with Crippen molar-refractivity contribution in [2.24, 2.45) is 0 Å². The third-order valence-corrected chi connectivity index (χ3v) is 4.83. The highest BCUT2D eigenvalue weighted by atomic mass is 35.5. The Balaban J connectivity index is 0.00000161. The topological polar surface area (TPSA) is 29.5 Å². The predicted molar refractivity (Wildman–Crippen MR) is 86.1 cm³/mol. The van der Waals surface area contributed by atoms with Crippen LogP contribution in [0.25, 0.3) is 0 Å². The van der Waals surface area contributed by atoms with Crippen molar-refractivity contribution in [3.8, 4) is 0 Å². The molecule has 2 aliphatic heterocycles. The van der Waals surface area contributed by atoms with Gasteiger partial charge in [0.15, 0.2) is 0 Å². The first-order chi connectivity index (χ1) is 9.61. The number of rotatable bonds is 3. The van der Waals surface area contributed by atoms with E-state index in [9.17, 15) is 4.79 Å². The molecule has 2 bridgehead atoms. The molecule has 2 heterocycles. The van der Waals surface area contributed by atoms with E-state index in [1.807, 2.05) is 24.3 Å². The van der Waals surface area contributed by atoms with Crippen LogP contribution in [0.15, 0.2) is 24.3 Å².